The van der Waals surface area contributed by atoms with Gasteiger partial charge in [-0.1, -0.05) is 11.6 Å². The number of furan rings is 1. The number of anilines is 2. The molecule has 0 amide bonds. The molecule has 0 spiro atoms. The van der Waals surface area contributed by atoms with Crippen molar-refractivity contribution in [1.82, 2.24) is 9.97 Å². The minimum absolute atomic E-state index is 0.275. The number of benzene rings is 1. The summed E-state index contributed by atoms with van der Waals surface area (Å²) in [6.07, 6.45) is 0. The molecule has 0 fully saturated rings. The Hall–Kier alpha value is -2.60. The van der Waals surface area contributed by atoms with E-state index >= 15 is 0 Å². The van der Waals surface area contributed by atoms with Crippen LogP contribution < -0.4 is 5.32 Å². The number of halogens is 1. The fourth-order valence-electron chi connectivity index (χ4n) is 2.43. The van der Waals surface area contributed by atoms with Crippen LogP contribution in [-0.4, -0.2) is 22.5 Å². The lowest BCUT2D eigenvalue weighted by Crippen LogP contribution is -2.07. The number of nitrogens with zero attached hydrogens (tertiary/aromatic N) is 2. The summed E-state index contributed by atoms with van der Waals surface area (Å²) in [5.74, 6) is 1.01. The summed E-state index contributed by atoms with van der Waals surface area (Å²) in [6, 6.07) is 7.18. The molecule has 0 saturated carbocycles. The van der Waals surface area contributed by atoms with Crippen LogP contribution >= 0.6 is 11.6 Å². The van der Waals surface area contributed by atoms with E-state index in [-0.39, 0.29) is 6.61 Å². The zero-order chi connectivity index (χ0) is 17.3. The van der Waals surface area contributed by atoms with Crippen LogP contribution in [0.4, 0.5) is 11.5 Å². The number of hydrogen-bond donors (Lipinski definition) is 1. The normalized spacial score (nSPS) is 10.8. The molecule has 0 bridgehead atoms. The van der Waals surface area contributed by atoms with Gasteiger partial charge in [-0.25, -0.2) is 9.78 Å². The lowest BCUT2D eigenvalue weighted by Gasteiger charge is -2.08. The molecule has 0 unspecified atom stereocenters. The third kappa shape index (κ3) is 3.05. The fraction of sp³-hybridized carbons (Fsp3) is 0.235. The van der Waals surface area contributed by atoms with Gasteiger partial charge in [-0.3, -0.25) is 0 Å². The molecule has 0 aliphatic heterocycles. The van der Waals surface area contributed by atoms with Crippen LogP contribution in [0.2, 0.25) is 5.02 Å². The molecule has 1 aromatic carbocycles. The number of nitrogens with one attached hydrogen (secondary N) is 1. The Morgan fingerprint density at radius 2 is 1.96 bits per heavy atom. The van der Waals surface area contributed by atoms with Crippen molar-refractivity contribution in [2.45, 2.75) is 20.8 Å². The highest BCUT2D eigenvalue weighted by Gasteiger charge is 2.24. The van der Waals surface area contributed by atoms with Crippen molar-refractivity contribution in [2.24, 2.45) is 0 Å². The van der Waals surface area contributed by atoms with Gasteiger partial charge < -0.3 is 14.5 Å². The van der Waals surface area contributed by atoms with E-state index in [1.165, 1.54) is 0 Å². The van der Waals surface area contributed by atoms with Crippen LogP contribution in [0.25, 0.3) is 11.1 Å². The first-order valence-electron chi connectivity index (χ1n) is 7.47. The lowest BCUT2D eigenvalue weighted by molar-refractivity contribution is 0.0526. The molecule has 0 aliphatic rings. The number of aromatic nitrogens is 2. The molecule has 0 saturated heterocycles. The molecule has 6 nitrogen and oxygen atoms in total. The van der Waals surface area contributed by atoms with Gasteiger partial charge in [0.1, 0.15) is 23.0 Å². The Morgan fingerprint density at radius 1 is 1.25 bits per heavy atom. The quantitative estimate of drug-likeness (QED) is 0.705. The molecule has 1 N–H and O–H groups in total. The van der Waals surface area contributed by atoms with Crippen molar-refractivity contribution < 1.29 is 13.9 Å². The number of fused-ring (bicyclic) bond motifs is 1. The first kappa shape index (κ1) is 16.3. The van der Waals surface area contributed by atoms with Gasteiger partial charge >= 0.3 is 5.97 Å². The average Bonchev–Trinajstić information content (AvgIpc) is 2.85. The standard InChI is InChI=1S/C17H16ClN3O3/c1-4-23-17(22)13-9(2)24-16-14(13)15(19-10(3)20-16)21-12-7-5-11(18)6-8-12/h5-8H,4H2,1-3H3,(H,19,20,21). The maximum absolute atomic E-state index is 12.3. The minimum Gasteiger partial charge on any atom is -0.462 e. The maximum Gasteiger partial charge on any atom is 0.342 e. The summed E-state index contributed by atoms with van der Waals surface area (Å²) in [7, 11) is 0. The van der Waals surface area contributed by atoms with Crippen molar-refractivity contribution >= 4 is 40.2 Å². The van der Waals surface area contributed by atoms with Crippen LogP contribution in [0.3, 0.4) is 0 Å². The van der Waals surface area contributed by atoms with E-state index in [1.807, 2.05) is 12.1 Å². The van der Waals surface area contributed by atoms with Crippen molar-refractivity contribution in [3.05, 3.63) is 46.4 Å². The minimum atomic E-state index is -0.458. The molecule has 2 heterocycles. The second-order valence-corrected chi connectivity index (χ2v) is 5.62. The Balaban J connectivity index is 2.15. The zero-order valence-electron chi connectivity index (χ0n) is 13.5. The van der Waals surface area contributed by atoms with E-state index in [2.05, 4.69) is 15.3 Å². The molecule has 24 heavy (non-hydrogen) atoms. The summed E-state index contributed by atoms with van der Waals surface area (Å²) < 4.78 is 10.8. The number of hydrogen-bond acceptors (Lipinski definition) is 6. The highest BCUT2D eigenvalue weighted by atomic mass is 35.5. The van der Waals surface area contributed by atoms with Crippen LogP contribution in [-0.2, 0) is 4.74 Å². The van der Waals surface area contributed by atoms with E-state index in [0.717, 1.165) is 5.69 Å². The van der Waals surface area contributed by atoms with Gasteiger partial charge in [-0.15, -0.1) is 0 Å². The zero-order valence-corrected chi connectivity index (χ0v) is 14.3. The summed E-state index contributed by atoms with van der Waals surface area (Å²) in [6.45, 7) is 5.49. The van der Waals surface area contributed by atoms with Gasteiger partial charge in [0.2, 0.25) is 5.71 Å². The number of rotatable bonds is 4. The molecule has 124 valence electrons. The Labute approximate surface area is 143 Å². The Morgan fingerprint density at radius 3 is 2.62 bits per heavy atom. The molecule has 0 atom stereocenters. The number of aryl methyl sites for hydroxylation is 2. The first-order chi connectivity index (χ1) is 11.5. The molecule has 3 rings (SSSR count). The van der Waals surface area contributed by atoms with Gasteiger partial charge in [0.05, 0.1) is 12.0 Å². The van der Waals surface area contributed by atoms with E-state index < -0.39 is 5.97 Å². The van der Waals surface area contributed by atoms with Crippen molar-refractivity contribution in [2.75, 3.05) is 11.9 Å². The molecular formula is C17H16ClN3O3. The van der Waals surface area contributed by atoms with Gasteiger partial charge in [-0.05, 0) is 45.0 Å². The summed E-state index contributed by atoms with van der Waals surface area (Å²) in [5.41, 5.74) is 1.47. The Kier molecular flexibility index (Phi) is 4.40. The van der Waals surface area contributed by atoms with Crippen LogP contribution in [0.15, 0.2) is 28.7 Å². The van der Waals surface area contributed by atoms with E-state index in [0.29, 0.717) is 39.1 Å². The third-order valence-corrected chi connectivity index (χ3v) is 3.68. The van der Waals surface area contributed by atoms with Gasteiger partial charge in [0, 0.05) is 10.7 Å². The topological polar surface area (TPSA) is 77.2 Å². The SMILES string of the molecule is CCOC(=O)c1c(C)oc2nc(C)nc(Nc3ccc(Cl)cc3)c12. The van der Waals surface area contributed by atoms with Crippen molar-refractivity contribution in [3.63, 3.8) is 0 Å². The Bertz CT molecular complexity index is 904. The van der Waals surface area contributed by atoms with Crippen molar-refractivity contribution in [1.29, 1.82) is 0 Å². The average molecular weight is 346 g/mol. The number of ether oxygens (including phenoxy) is 1. The molecule has 0 radical (unpaired) electrons. The van der Waals surface area contributed by atoms with Crippen LogP contribution in [0.1, 0.15) is 28.9 Å². The number of carbonyl (C=O) groups excluding carboxylic acids is 1. The third-order valence-electron chi connectivity index (χ3n) is 3.43. The van der Waals surface area contributed by atoms with Gasteiger partial charge in [-0.2, -0.15) is 4.98 Å². The molecule has 7 heteroatoms. The summed E-state index contributed by atoms with van der Waals surface area (Å²) in [4.78, 5) is 21.0. The molecule has 3 aromatic rings. The molecule has 2 aromatic heterocycles. The number of carbonyl (C=O) groups is 1. The first-order valence-corrected chi connectivity index (χ1v) is 7.85. The highest BCUT2D eigenvalue weighted by Crippen LogP contribution is 2.32. The fourth-order valence-corrected chi connectivity index (χ4v) is 2.55. The second-order valence-electron chi connectivity index (χ2n) is 5.19. The maximum atomic E-state index is 12.3. The van der Waals surface area contributed by atoms with Gasteiger partial charge in [0.25, 0.3) is 0 Å². The number of esters is 1. The van der Waals surface area contributed by atoms with Crippen LogP contribution in [0.5, 0.6) is 0 Å². The van der Waals surface area contributed by atoms with E-state index in [1.54, 1.807) is 32.9 Å². The molecular weight excluding hydrogens is 330 g/mol. The smallest absolute Gasteiger partial charge is 0.342 e. The van der Waals surface area contributed by atoms with Gasteiger partial charge in [0.15, 0.2) is 0 Å². The largest absolute Gasteiger partial charge is 0.462 e. The van der Waals surface area contributed by atoms with Crippen LogP contribution in [0, 0.1) is 13.8 Å². The molecule has 0 aliphatic carbocycles. The second kappa shape index (κ2) is 6.49. The van der Waals surface area contributed by atoms with E-state index in [9.17, 15) is 4.79 Å². The summed E-state index contributed by atoms with van der Waals surface area (Å²) in [5, 5.41) is 4.33. The van der Waals surface area contributed by atoms with Crippen molar-refractivity contribution in [3.8, 4) is 0 Å². The summed E-state index contributed by atoms with van der Waals surface area (Å²) >= 11 is 5.91. The predicted octanol–water partition coefficient (Wildman–Crippen LogP) is 4.41. The predicted molar refractivity (Wildman–Crippen MR) is 92.0 cm³/mol. The lowest BCUT2D eigenvalue weighted by atomic mass is 10.1. The highest BCUT2D eigenvalue weighted by molar-refractivity contribution is 6.30. The van der Waals surface area contributed by atoms with E-state index in [4.69, 9.17) is 20.8 Å². The monoisotopic (exact) mass is 345 g/mol.